The number of hydrogen-bond donors (Lipinski definition) is 1. The zero-order chi connectivity index (χ0) is 16.4. The normalized spacial score (nSPS) is 12.1. The number of aliphatic carboxylic acids is 1. The summed E-state index contributed by atoms with van der Waals surface area (Å²) < 4.78 is 13.0. The molecule has 0 spiro atoms. The number of carboxylic acids is 1. The summed E-state index contributed by atoms with van der Waals surface area (Å²) >= 11 is 4.88. The molecule has 23 heavy (non-hydrogen) atoms. The monoisotopic (exact) mass is 393 g/mol. The Morgan fingerprint density at radius 1 is 1.22 bits per heavy atom. The molecule has 0 bridgehead atoms. The van der Waals surface area contributed by atoms with Crippen molar-refractivity contribution in [1.82, 2.24) is 4.98 Å². The van der Waals surface area contributed by atoms with Crippen LogP contribution < -0.4 is 9.47 Å². The molecular formula is C16H12BrNO4S. The Morgan fingerprint density at radius 2 is 1.91 bits per heavy atom. The minimum atomic E-state index is -1.01. The van der Waals surface area contributed by atoms with Crippen molar-refractivity contribution in [3.05, 3.63) is 46.9 Å². The van der Waals surface area contributed by atoms with Crippen molar-refractivity contribution < 1.29 is 19.4 Å². The Kier molecular flexibility index (Phi) is 4.49. The Bertz CT molecular complexity index is 847. The molecule has 1 heterocycles. The van der Waals surface area contributed by atoms with Crippen molar-refractivity contribution in [3.63, 3.8) is 0 Å². The number of carboxylic acid groups (broad SMARTS) is 1. The lowest BCUT2D eigenvalue weighted by atomic mass is 10.3. The van der Waals surface area contributed by atoms with Crippen molar-refractivity contribution in [2.24, 2.45) is 0 Å². The molecule has 1 aromatic heterocycles. The van der Waals surface area contributed by atoms with Crippen LogP contribution in [0.1, 0.15) is 6.92 Å². The maximum absolute atomic E-state index is 10.8. The number of aromatic nitrogens is 1. The van der Waals surface area contributed by atoms with Crippen molar-refractivity contribution in [2.45, 2.75) is 13.0 Å². The Balaban J connectivity index is 1.73. The van der Waals surface area contributed by atoms with Crippen LogP contribution in [0.25, 0.3) is 10.2 Å². The number of fused-ring (bicyclic) bond motifs is 1. The van der Waals surface area contributed by atoms with Crippen LogP contribution in [0.4, 0.5) is 0 Å². The third-order valence-electron chi connectivity index (χ3n) is 3.02. The first-order valence-corrected chi connectivity index (χ1v) is 8.36. The van der Waals surface area contributed by atoms with Gasteiger partial charge in [0.1, 0.15) is 11.5 Å². The average molecular weight is 394 g/mol. The molecule has 1 atom stereocenters. The lowest BCUT2D eigenvalue weighted by Gasteiger charge is -2.10. The van der Waals surface area contributed by atoms with Crippen molar-refractivity contribution in [1.29, 1.82) is 0 Å². The molecule has 3 rings (SSSR count). The van der Waals surface area contributed by atoms with E-state index in [9.17, 15) is 4.79 Å². The molecular weight excluding hydrogens is 382 g/mol. The van der Waals surface area contributed by atoms with E-state index in [1.54, 1.807) is 24.3 Å². The summed E-state index contributed by atoms with van der Waals surface area (Å²) in [6, 6.07) is 12.6. The van der Waals surface area contributed by atoms with Crippen molar-refractivity contribution >= 4 is 43.5 Å². The highest BCUT2D eigenvalue weighted by atomic mass is 79.9. The van der Waals surface area contributed by atoms with Gasteiger partial charge >= 0.3 is 5.97 Å². The number of hydrogen-bond acceptors (Lipinski definition) is 5. The number of nitrogens with zero attached hydrogens (tertiary/aromatic N) is 1. The largest absolute Gasteiger partial charge is 0.479 e. The Labute approximate surface area is 144 Å². The maximum atomic E-state index is 10.8. The number of carbonyl (C=O) groups is 1. The predicted molar refractivity (Wildman–Crippen MR) is 91.6 cm³/mol. The maximum Gasteiger partial charge on any atom is 0.344 e. The first-order chi connectivity index (χ1) is 11.0. The third kappa shape index (κ3) is 3.80. The molecule has 0 radical (unpaired) electrons. The lowest BCUT2D eigenvalue weighted by molar-refractivity contribution is -0.144. The first kappa shape index (κ1) is 15.8. The van der Waals surface area contributed by atoms with Gasteiger partial charge in [-0.1, -0.05) is 27.3 Å². The number of thiazole rings is 1. The minimum Gasteiger partial charge on any atom is -0.479 e. The van der Waals surface area contributed by atoms with E-state index < -0.39 is 12.1 Å². The van der Waals surface area contributed by atoms with Crippen LogP contribution in [0.15, 0.2) is 46.9 Å². The quantitative estimate of drug-likeness (QED) is 0.679. The second-order valence-electron chi connectivity index (χ2n) is 4.76. The average Bonchev–Trinajstić information content (AvgIpc) is 2.90. The molecule has 0 saturated heterocycles. The van der Waals surface area contributed by atoms with Crippen LogP contribution in [-0.2, 0) is 4.79 Å². The van der Waals surface area contributed by atoms with Crippen molar-refractivity contribution in [2.75, 3.05) is 0 Å². The van der Waals surface area contributed by atoms with Gasteiger partial charge in [-0.15, -0.1) is 0 Å². The van der Waals surface area contributed by atoms with E-state index in [-0.39, 0.29) is 0 Å². The lowest BCUT2D eigenvalue weighted by Crippen LogP contribution is -2.22. The van der Waals surface area contributed by atoms with Crippen LogP contribution >= 0.6 is 27.3 Å². The van der Waals surface area contributed by atoms with Gasteiger partial charge in [0.05, 0.1) is 10.2 Å². The van der Waals surface area contributed by atoms with Gasteiger partial charge < -0.3 is 14.6 Å². The molecule has 2 aromatic carbocycles. The molecule has 7 heteroatoms. The van der Waals surface area contributed by atoms with E-state index >= 15 is 0 Å². The van der Waals surface area contributed by atoms with E-state index in [4.69, 9.17) is 14.6 Å². The molecule has 0 aliphatic heterocycles. The van der Waals surface area contributed by atoms with E-state index in [2.05, 4.69) is 20.9 Å². The zero-order valence-corrected chi connectivity index (χ0v) is 14.4. The van der Waals surface area contributed by atoms with Gasteiger partial charge in [-0.25, -0.2) is 9.78 Å². The van der Waals surface area contributed by atoms with Gasteiger partial charge in [-0.2, -0.15) is 0 Å². The molecule has 0 saturated carbocycles. The molecule has 0 aliphatic carbocycles. The highest BCUT2D eigenvalue weighted by Gasteiger charge is 2.12. The molecule has 1 N–H and O–H groups in total. The summed E-state index contributed by atoms with van der Waals surface area (Å²) in [6.45, 7) is 1.48. The summed E-state index contributed by atoms with van der Waals surface area (Å²) in [5, 5.41) is 9.37. The SMILES string of the molecule is C[C@@H](Oc1ccc(Oc2nc3ccc(Br)cc3s2)cc1)C(=O)O. The van der Waals surface area contributed by atoms with Crippen LogP contribution in [0.3, 0.4) is 0 Å². The molecule has 0 aliphatic rings. The molecule has 0 fully saturated rings. The smallest absolute Gasteiger partial charge is 0.344 e. The second-order valence-corrected chi connectivity index (χ2v) is 6.67. The number of halogens is 1. The van der Waals surface area contributed by atoms with Crippen LogP contribution in [-0.4, -0.2) is 22.2 Å². The predicted octanol–water partition coefficient (Wildman–Crippen LogP) is 4.70. The van der Waals surface area contributed by atoms with Gasteiger partial charge in [0, 0.05) is 4.47 Å². The summed E-state index contributed by atoms with van der Waals surface area (Å²) in [5.41, 5.74) is 0.878. The fraction of sp³-hybridized carbons (Fsp3) is 0.125. The van der Waals surface area contributed by atoms with E-state index in [0.29, 0.717) is 16.7 Å². The molecule has 5 nitrogen and oxygen atoms in total. The first-order valence-electron chi connectivity index (χ1n) is 6.75. The van der Waals surface area contributed by atoms with Crippen LogP contribution in [0, 0.1) is 0 Å². The summed E-state index contributed by atoms with van der Waals surface area (Å²) in [5.74, 6) is 0.0740. The van der Waals surface area contributed by atoms with E-state index in [1.807, 2.05) is 18.2 Å². The van der Waals surface area contributed by atoms with E-state index in [0.717, 1.165) is 14.7 Å². The van der Waals surface area contributed by atoms with Crippen LogP contribution in [0.5, 0.6) is 16.7 Å². The fourth-order valence-electron chi connectivity index (χ4n) is 1.86. The summed E-state index contributed by atoms with van der Waals surface area (Å²) in [4.78, 5) is 15.2. The standard InChI is InChI=1S/C16H12BrNO4S/c1-9(15(19)20)21-11-3-5-12(6-4-11)22-16-18-13-7-2-10(17)8-14(13)23-16/h2-9H,1H3,(H,19,20)/t9-/m1/s1. The number of rotatable bonds is 5. The molecule has 118 valence electrons. The molecule has 0 unspecified atom stereocenters. The van der Waals surface area contributed by atoms with Gasteiger partial charge in [-0.05, 0) is 49.4 Å². The minimum absolute atomic E-state index is 0.473. The van der Waals surface area contributed by atoms with Crippen molar-refractivity contribution in [3.8, 4) is 16.7 Å². The topological polar surface area (TPSA) is 68.7 Å². The summed E-state index contributed by atoms with van der Waals surface area (Å²) in [7, 11) is 0. The van der Waals surface area contributed by atoms with Gasteiger partial charge in [-0.3, -0.25) is 0 Å². The molecule has 0 amide bonds. The van der Waals surface area contributed by atoms with Gasteiger partial charge in [0.15, 0.2) is 6.10 Å². The zero-order valence-electron chi connectivity index (χ0n) is 12.0. The Morgan fingerprint density at radius 3 is 2.61 bits per heavy atom. The number of ether oxygens (including phenoxy) is 2. The second kappa shape index (κ2) is 6.55. The highest BCUT2D eigenvalue weighted by Crippen LogP contribution is 2.33. The summed E-state index contributed by atoms with van der Waals surface area (Å²) in [6.07, 6.45) is -0.899. The van der Waals surface area contributed by atoms with Gasteiger partial charge in [0.2, 0.25) is 0 Å². The number of benzene rings is 2. The van der Waals surface area contributed by atoms with Crippen LogP contribution in [0.2, 0.25) is 0 Å². The van der Waals surface area contributed by atoms with E-state index in [1.165, 1.54) is 18.3 Å². The molecule has 3 aromatic rings. The fourth-order valence-corrected chi connectivity index (χ4v) is 3.25. The van der Waals surface area contributed by atoms with Gasteiger partial charge in [0.25, 0.3) is 5.19 Å². The third-order valence-corrected chi connectivity index (χ3v) is 4.41. The highest BCUT2D eigenvalue weighted by molar-refractivity contribution is 9.10. The Hall–Kier alpha value is -2.12.